The quantitative estimate of drug-likeness (QED) is 0.381. The molecule has 4 aromatic rings. The predicted molar refractivity (Wildman–Crippen MR) is 122 cm³/mol. The fourth-order valence-electron chi connectivity index (χ4n) is 3.54. The van der Waals surface area contributed by atoms with Crippen molar-refractivity contribution in [2.45, 2.75) is 37.4 Å². The summed E-state index contributed by atoms with van der Waals surface area (Å²) >= 11 is 0. The van der Waals surface area contributed by atoms with Crippen molar-refractivity contribution in [2.24, 2.45) is 0 Å². The van der Waals surface area contributed by atoms with E-state index in [1.807, 2.05) is 6.92 Å². The van der Waals surface area contributed by atoms with E-state index in [1.165, 1.54) is 16.8 Å². The number of aryl methyl sites for hydroxylation is 1. The van der Waals surface area contributed by atoms with Crippen LogP contribution in [-0.2, 0) is 16.4 Å². The summed E-state index contributed by atoms with van der Waals surface area (Å²) in [5, 5.41) is 10.4. The van der Waals surface area contributed by atoms with Gasteiger partial charge in [-0.2, -0.15) is 23.2 Å². The maximum Gasteiger partial charge on any atom is 0.404 e. The van der Waals surface area contributed by atoms with E-state index in [0.717, 1.165) is 30.0 Å². The normalized spacial score (nSPS) is 13.0. The number of rotatable bonds is 6. The van der Waals surface area contributed by atoms with Crippen molar-refractivity contribution in [1.82, 2.24) is 24.2 Å². The van der Waals surface area contributed by atoms with Gasteiger partial charge in [-0.05, 0) is 43.2 Å². The first-order chi connectivity index (χ1) is 17.0. The van der Waals surface area contributed by atoms with Crippen LogP contribution in [0, 0.1) is 17.1 Å². The highest BCUT2D eigenvalue weighted by atomic mass is 32.2. The van der Waals surface area contributed by atoms with Crippen LogP contribution in [0.1, 0.15) is 25.0 Å². The average molecular weight is 518 g/mol. The van der Waals surface area contributed by atoms with Crippen LogP contribution in [0.4, 0.5) is 17.6 Å². The van der Waals surface area contributed by atoms with Crippen molar-refractivity contribution in [3.05, 3.63) is 65.9 Å². The van der Waals surface area contributed by atoms with E-state index in [4.69, 9.17) is 0 Å². The number of aromatic nitrogens is 4. The molecule has 1 atom stereocenters. The summed E-state index contributed by atoms with van der Waals surface area (Å²) < 4.78 is 80.4. The molecule has 4 rings (SSSR count). The fourth-order valence-corrected chi connectivity index (χ4v) is 4.72. The minimum absolute atomic E-state index is 0.104. The van der Waals surface area contributed by atoms with Gasteiger partial charge in [0.05, 0.1) is 17.0 Å². The number of hydrogen-bond donors (Lipinski definition) is 1. The summed E-state index contributed by atoms with van der Waals surface area (Å²) in [5.74, 6) is -0.483. The topological polar surface area (TPSA) is 114 Å². The number of alkyl halides is 3. The lowest BCUT2D eigenvalue weighted by molar-refractivity contribution is -0.147. The summed E-state index contributed by atoms with van der Waals surface area (Å²) in [6.45, 7) is 2.59. The molecular weight excluding hydrogens is 500 g/mol. The number of nitrogens with zero attached hydrogens (tertiary/aromatic N) is 5. The Kier molecular flexibility index (Phi) is 6.50. The molecule has 0 fully saturated rings. The summed E-state index contributed by atoms with van der Waals surface area (Å²) in [4.78, 5) is 12.2. The van der Waals surface area contributed by atoms with E-state index < -0.39 is 33.0 Å². The van der Waals surface area contributed by atoms with Crippen LogP contribution < -0.4 is 4.72 Å². The molecule has 36 heavy (non-hydrogen) atoms. The zero-order chi connectivity index (χ0) is 26.3. The monoisotopic (exact) mass is 518 g/mol. The van der Waals surface area contributed by atoms with E-state index in [-0.39, 0.29) is 22.8 Å². The third-order valence-corrected chi connectivity index (χ3v) is 6.96. The molecule has 13 heteroatoms. The van der Waals surface area contributed by atoms with Crippen molar-refractivity contribution in [3.8, 4) is 23.3 Å². The molecule has 186 valence electrons. The zero-order valence-corrected chi connectivity index (χ0v) is 19.7. The third-order valence-electron chi connectivity index (χ3n) is 5.43. The van der Waals surface area contributed by atoms with Crippen LogP contribution >= 0.6 is 0 Å². The molecule has 8 nitrogen and oxygen atoms in total. The minimum Gasteiger partial charge on any atom is -0.275 e. The van der Waals surface area contributed by atoms with Crippen LogP contribution in [0.2, 0.25) is 0 Å². The Morgan fingerprint density at radius 3 is 2.47 bits per heavy atom. The highest BCUT2D eigenvalue weighted by Gasteiger charge is 2.39. The first-order valence-electron chi connectivity index (χ1n) is 10.6. The molecule has 0 saturated heterocycles. The van der Waals surface area contributed by atoms with Crippen molar-refractivity contribution in [2.75, 3.05) is 0 Å². The fraction of sp³-hybridized carbons (Fsp3) is 0.217. The number of fused-ring (bicyclic) bond motifs is 1. The van der Waals surface area contributed by atoms with Crippen LogP contribution in [0.25, 0.3) is 28.2 Å². The number of nitrogens with one attached hydrogen (secondary N) is 1. The van der Waals surface area contributed by atoms with E-state index >= 15 is 0 Å². The number of pyridine rings is 3. The Bertz CT molecular complexity index is 1590. The van der Waals surface area contributed by atoms with Gasteiger partial charge in [0.25, 0.3) is 0 Å². The lowest BCUT2D eigenvalue weighted by Crippen LogP contribution is -2.42. The van der Waals surface area contributed by atoms with E-state index in [1.54, 1.807) is 17.0 Å². The molecule has 0 unspecified atom stereocenters. The number of sulfonamides is 1. The summed E-state index contributed by atoms with van der Waals surface area (Å²) in [7, 11) is -4.54. The van der Waals surface area contributed by atoms with Crippen LogP contribution in [0.5, 0.6) is 0 Å². The van der Waals surface area contributed by atoms with Crippen LogP contribution in [-0.4, -0.2) is 40.2 Å². The first kappa shape index (κ1) is 25.2. The Morgan fingerprint density at radius 1 is 1.14 bits per heavy atom. The SMILES string of the molecule is CCc1cnc2c(c1)c(C#N)c(-c1ccc(S(=O)(=O)N[C@@H](C)C(F)(F)F)cn1)n2-c1cc(F)ccn1. The largest absolute Gasteiger partial charge is 0.404 e. The highest BCUT2D eigenvalue weighted by molar-refractivity contribution is 7.89. The van der Waals surface area contributed by atoms with Gasteiger partial charge in [-0.15, -0.1) is 0 Å². The van der Waals surface area contributed by atoms with E-state index in [0.29, 0.717) is 24.4 Å². The summed E-state index contributed by atoms with van der Waals surface area (Å²) in [6, 6.07) is 6.16. The van der Waals surface area contributed by atoms with Gasteiger partial charge < -0.3 is 0 Å². The van der Waals surface area contributed by atoms with Gasteiger partial charge >= 0.3 is 6.18 Å². The molecule has 0 aliphatic carbocycles. The van der Waals surface area contributed by atoms with Gasteiger partial charge in [0.2, 0.25) is 10.0 Å². The molecule has 0 amide bonds. The van der Waals surface area contributed by atoms with Gasteiger partial charge in [-0.1, -0.05) is 6.92 Å². The second-order valence-electron chi connectivity index (χ2n) is 7.84. The van der Waals surface area contributed by atoms with Crippen LogP contribution in [0.3, 0.4) is 0 Å². The van der Waals surface area contributed by atoms with Crippen molar-refractivity contribution in [3.63, 3.8) is 0 Å². The van der Waals surface area contributed by atoms with Gasteiger partial charge in [0.1, 0.15) is 34.3 Å². The summed E-state index contributed by atoms with van der Waals surface area (Å²) in [5.41, 5.74) is 1.57. The molecule has 0 aliphatic heterocycles. The molecule has 0 bridgehead atoms. The second kappa shape index (κ2) is 9.29. The molecule has 0 spiro atoms. The average Bonchev–Trinajstić information content (AvgIpc) is 3.16. The molecule has 1 N–H and O–H groups in total. The third kappa shape index (κ3) is 4.65. The lowest BCUT2D eigenvalue weighted by Gasteiger charge is -2.17. The van der Waals surface area contributed by atoms with Crippen molar-refractivity contribution in [1.29, 1.82) is 5.26 Å². The molecule has 4 aromatic heterocycles. The molecule has 0 saturated carbocycles. The summed E-state index contributed by atoms with van der Waals surface area (Å²) in [6.07, 6.45) is -0.400. The highest BCUT2D eigenvalue weighted by Crippen LogP contribution is 2.35. The van der Waals surface area contributed by atoms with Crippen molar-refractivity contribution < 1.29 is 26.0 Å². The second-order valence-corrected chi connectivity index (χ2v) is 9.55. The predicted octanol–water partition coefficient (Wildman–Crippen LogP) is 4.28. The maximum absolute atomic E-state index is 14.1. The Labute approximate surface area is 203 Å². The number of nitriles is 1. The van der Waals surface area contributed by atoms with E-state index in [2.05, 4.69) is 21.0 Å². The first-order valence-corrected chi connectivity index (χ1v) is 12.1. The molecule has 4 heterocycles. The standard InChI is InChI=1S/C23H18F4N6O2S/c1-3-14-8-17-18(10-28)21(33(22(17)31-11-14)20-9-15(24)6-7-29-20)19-5-4-16(12-30-19)36(34,35)32-13(2)23(25,26)27/h4-9,11-13,32H,3H2,1-2H3/t13-/m0/s1. The van der Waals surface area contributed by atoms with Gasteiger partial charge in [0.15, 0.2) is 0 Å². The Morgan fingerprint density at radius 2 is 1.89 bits per heavy atom. The van der Waals surface area contributed by atoms with Gasteiger partial charge in [-0.3, -0.25) is 9.55 Å². The number of halogens is 4. The molecule has 0 radical (unpaired) electrons. The van der Waals surface area contributed by atoms with E-state index in [9.17, 15) is 31.2 Å². The van der Waals surface area contributed by atoms with Crippen LogP contribution in [0.15, 0.2) is 53.8 Å². The van der Waals surface area contributed by atoms with Gasteiger partial charge in [-0.25, -0.2) is 22.8 Å². The lowest BCUT2D eigenvalue weighted by atomic mass is 10.1. The maximum atomic E-state index is 14.1. The molecular formula is C23H18F4N6O2S. The molecule has 0 aromatic carbocycles. The van der Waals surface area contributed by atoms with Gasteiger partial charge in [0, 0.05) is 30.0 Å². The molecule has 0 aliphatic rings. The zero-order valence-electron chi connectivity index (χ0n) is 18.9. The Balaban J connectivity index is 1.90. The minimum atomic E-state index is -4.77. The smallest absolute Gasteiger partial charge is 0.275 e. The Hall–Kier alpha value is -3.89. The number of hydrogen-bond acceptors (Lipinski definition) is 6. The van der Waals surface area contributed by atoms with Crippen molar-refractivity contribution >= 4 is 21.1 Å².